The van der Waals surface area contributed by atoms with Crippen molar-refractivity contribution in [3.05, 3.63) is 122 Å². The summed E-state index contributed by atoms with van der Waals surface area (Å²) in [5.74, 6) is 0.923. The Labute approximate surface area is 282 Å². The van der Waals surface area contributed by atoms with Crippen molar-refractivity contribution < 1.29 is 22.4 Å². The van der Waals surface area contributed by atoms with Crippen LogP contribution in [0, 0.1) is 69.2 Å². The second-order valence-electron chi connectivity index (χ2n) is 12.7. The normalized spacial score (nSPS) is 12.0. The van der Waals surface area contributed by atoms with Crippen molar-refractivity contribution in [2.75, 3.05) is 0 Å². The van der Waals surface area contributed by atoms with Gasteiger partial charge in [-0.05, 0) is 119 Å². The third-order valence-corrected chi connectivity index (χ3v) is 8.54. The second-order valence-corrected chi connectivity index (χ2v) is 12.7. The molecule has 4 nitrogen and oxygen atoms in total. The van der Waals surface area contributed by atoms with Crippen LogP contribution in [0.2, 0.25) is 0 Å². The first-order valence-electron chi connectivity index (χ1n) is 15.3. The zero-order valence-electron chi connectivity index (χ0n) is 27.9. The van der Waals surface area contributed by atoms with Crippen LogP contribution in [0.25, 0.3) is 21.8 Å². The summed E-state index contributed by atoms with van der Waals surface area (Å²) in [6.45, 7) is 21.5. The van der Waals surface area contributed by atoms with Gasteiger partial charge in [0.1, 0.15) is 0 Å². The minimum Gasteiger partial charge on any atom is -0.656 e. The first-order chi connectivity index (χ1) is 20.9. The fraction of sp³-hybridized carbons (Fsp3) is 0.250. The van der Waals surface area contributed by atoms with Gasteiger partial charge >= 0.3 is 39.9 Å². The van der Waals surface area contributed by atoms with Crippen LogP contribution in [0.15, 0.2) is 66.9 Å². The van der Waals surface area contributed by atoms with Gasteiger partial charge in [0, 0.05) is 34.5 Å². The SMILES string of the molecule is Cc1cc(C)c([N+]2=C=[N+](c3c(C)cc(C)cc3C)c3ncccc32)c(C)c1.Cc1cc(C)c2[n-]c3c(C)cc(C)cc3c2c1.[Au+]. The van der Waals surface area contributed by atoms with Gasteiger partial charge in [0.2, 0.25) is 11.4 Å². The summed E-state index contributed by atoms with van der Waals surface area (Å²) in [5, 5.41) is 2.59. The fourth-order valence-electron chi connectivity index (χ4n) is 7.05. The van der Waals surface area contributed by atoms with Crippen molar-refractivity contribution in [3.8, 4) is 0 Å². The molecule has 45 heavy (non-hydrogen) atoms. The minimum absolute atomic E-state index is 0. The average molecular weight is 775 g/mol. The molecule has 0 fully saturated rings. The van der Waals surface area contributed by atoms with E-state index in [1.165, 1.54) is 72.1 Å². The number of benzene rings is 4. The molecule has 5 heteroatoms. The van der Waals surface area contributed by atoms with Gasteiger partial charge in [-0.2, -0.15) is 4.98 Å². The van der Waals surface area contributed by atoms with Crippen LogP contribution >= 0.6 is 0 Å². The first-order valence-corrected chi connectivity index (χ1v) is 15.3. The van der Waals surface area contributed by atoms with Gasteiger partial charge in [-0.3, -0.25) is 0 Å². The number of fused-ring (bicyclic) bond motifs is 4. The quantitative estimate of drug-likeness (QED) is 0.130. The number of hydrogen-bond acceptors (Lipinski definition) is 1. The van der Waals surface area contributed by atoms with Crippen LogP contribution in [0.4, 0.5) is 22.9 Å². The van der Waals surface area contributed by atoms with Crippen LogP contribution in [0.1, 0.15) is 55.6 Å². The molecule has 230 valence electrons. The molecule has 0 spiro atoms. The van der Waals surface area contributed by atoms with E-state index in [0.717, 1.165) is 28.2 Å². The molecule has 0 N–H and O–H groups in total. The number of rotatable bonds is 2. The monoisotopic (exact) mass is 774 g/mol. The Balaban J connectivity index is 0.000000192. The summed E-state index contributed by atoms with van der Waals surface area (Å²) >= 11 is 0. The Bertz CT molecular complexity index is 2010. The van der Waals surface area contributed by atoms with Gasteiger partial charge in [-0.1, -0.05) is 57.6 Å². The van der Waals surface area contributed by atoms with Crippen molar-refractivity contribution in [2.24, 2.45) is 0 Å². The maximum atomic E-state index is 4.80. The van der Waals surface area contributed by atoms with Gasteiger partial charge in [0.25, 0.3) is 0 Å². The summed E-state index contributed by atoms with van der Waals surface area (Å²) in [6, 6.07) is 25.5. The topological polar surface area (TPSA) is 33.0 Å². The number of pyridine rings is 1. The zero-order chi connectivity index (χ0) is 31.4. The van der Waals surface area contributed by atoms with E-state index in [0.29, 0.717) is 0 Å². The fourth-order valence-corrected chi connectivity index (χ4v) is 7.05. The van der Waals surface area contributed by atoms with E-state index >= 15 is 0 Å². The maximum absolute atomic E-state index is 4.80. The average Bonchev–Trinajstić information content (AvgIpc) is 3.48. The molecule has 0 saturated heterocycles. The van der Waals surface area contributed by atoms with E-state index in [1.807, 2.05) is 12.3 Å². The molecule has 1 aliphatic heterocycles. The Morgan fingerprint density at radius 2 is 0.933 bits per heavy atom. The van der Waals surface area contributed by atoms with Crippen molar-refractivity contribution in [3.63, 3.8) is 0 Å². The van der Waals surface area contributed by atoms with Crippen molar-refractivity contribution in [2.45, 2.75) is 69.2 Å². The van der Waals surface area contributed by atoms with E-state index in [4.69, 9.17) is 9.97 Å². The van der Waals surface area contributed by atoms with Gasteiger partial charge < -0.3 is 4.98 Å². The Kier molecular flexibility index (Phi) is 8.90. The van der Waals surface area contributed by atoms with E-state index < -0.39 is 0 Å². The Morgan fingerprint density at radius 1 is 0.533 bits per heavy atom. The largest absolute Gasteiger partial charge is 1.00 e. The summed E-state index contributed by atoms with van der Waals surface area (Å²) in [6.07, 6.45) is 1.85. The van der Waals surface area contributed by atoms with Gasteiger partial charge in [0.15, 0.2) is 0 Å². The molecule has 0 aliphatic carbocycles. The van der Waals surface area contributed by atoms with Gasteiger partial charge in [-0.15, -0.1) is 11.0 Å². The van der Waals surface area contributed by atoms with Crippen LogP contribution in [0.3, 0.4) is 0 Å². The van der Waals surface area contributed by atoms with E-state index in [-0.39, 0.29) is 22.4 Å². The second kappa shape index (κ2) is 12.4. The Morgan fingerprint density at radius 3 is 1.40 bits per heavy atom. The summed E-state index contributed by atoms with van der Waals surface area (Å²) in [4.78, 5) is 9.49. The number of nitrogens with zero attached hydrogens (tertiary/aromatic N) is 4. The van der Waals surface area contributed by atoms with E-state index in [9.17, 15) is 0 Å². The maximum Gasteiger partial charge on any atom is 1.00 e. The van der Waals surface area contributed by atoms with Crippen LogP contribution < -0.4 is 14.1 Å². The van der Waals surface area contributed by atoms with Crippen LogP contribution in [-0.4, -0.2) is 11.0 Å². The van der Waals surface area contributed by atoms with Crippen LogP contribution in [-0.2, 0) is 22.4 Å². The molecule has 0 bridgehead atoms. The third-order valence-electron chi connectivity index (χ3n) is 8.54. The number of aromatic nitrogens is 2. The molecule has 0 amide bonds. The molecule has 2 aromatic heterocycles. The number of hydrogen-bond donors (Lipinski definition) is 0. The van der Waals surface area contributed by atoms with E-state index in [1.54, 1.807) is 0 Å². The molecule has 4 aromatic carbocycles. The molecule has 0 radical (unpaired) electrons. The molecule has 3 heterocycles. The molecule has 6 aromatic rings. The minimum atomic E-state index is 0. The molecular weight excluding hydrogens is 733 g/mol. The van der Waals surface area contributed by atoms with Crippen molar-refractivity contribution >= 4 is 50.7 Å². The standard InChI is InChI=1S/C24H25N3.C16H16N.Au/c1-15-10-17(3)22(18(4)11-15)26-14-27(24-21(26)8-7-9-25-24)23-19(5)12-16(2)13-20(23)6;1-9-5-11(3)15-13(7-9)14-8-10(2)6-12(4)16(14)17-15;/h7-13H,1-6H3;5-8H,1-4H3;/q+2;-1;+1. The van der Waals surface area contributed by atoms with Gasteiger partial charge in [-0.25, -0.2) is 0 Å². The molecule has 0 saturated carbocycles. The van der Waals surface area contributed by atoms with Crippen molar-refractivity contribution in [1.82, 2.24) is 19.1 Å². The zero-order valence-corrected chi connectivity index (χ0v) is 30.1. The molecule has 1 aliphatic rings. The first kappa shape index (κ1) is 32.3. The van der Waals surface area contributed by atoms with Crippen LogP contribution in [0.5, 0.6) is 0 Å². The van der Waals surface area contributed by atoms with Gasteiger partial charge in [0.05, 0.1) is 0 Å². The number of aryl methyl sites for hydroxylation is 10. The predicted octanol–water partition coefficient (Wildman–Crippen LogP) is 9.97. The summed E-state index contributed by atoms with van der Waals surface area (Å²) in [7, 11) is 0. The Hall–Kier alpha value is -4.05. The smallest absolute Gasteiger partial charge is 0.656 e. The third kappa shape index (κ3) is 5.88. The van der Waals surface area contributed by atoms with E-state index in [2.05, 4.69) is 139 Å². The molecule has 0 unspecified atom stereocenters. The molecular formula is C40H41AuN4+2. The molecule has 7 rings (SSSR count). The predicted molar refractivity (Wildman–Crippen MR) is 187 cm³/mol. The summed E-state index contributed by atoms with van der Waals surface area (Å²) in [5.41, 5.74) is 18.4. The van der Waals surface area contributed by atoms with Crippen molar-refractivity contribution in [1.29, 1.82) is 0 Å². The molecule has 0 atom stereocenters. The summed E-state index contributed by atoms with van der Waals surface area (Å²) < 4.78 is 4.27.